The van der Waals surface area contributed by atoms with Gasteiger partial charge in [0.15, 0.2) is 11.6 Å². The maximum absolute atomic E-state index is 5.98. The molecule has 0 bridgehead atoms. The van der Waals surface area contributed by atoms with E-state index in [1.807, 2.05) is 6.07 Å². The first kappa shape index (κ1) is 11.1. The van der Waals surface area contributed by atoms with Crippen LogP contribution in [0.25, 0.3) is 11.6 Å². The Morgan fingerprint density at radius 2 is 2.00 bits per heavy atom. The van der Waals surface area contributed by atoms with Gasteiger partial charge in [-0.05, 0) is 18.2 Å². The zero-order valence-corrected chi connectivity index (χ0v) is 10.2. The zero-order chi connectivity index (χ0) is 11.8. The zero-order valence-electron chi connectivity index (χ0n) is 9.49. The molecular formula is C12H13ClN2O. The minimum atomic E-state index is -0.0616. The summed E-state index contributed by atoms with van der Waals surface area (Å²) in [6, 6.07) is 5.41. The molecule has 16 heavy (non-hydrogen) atoms. The van der Waals surface area contributed by atoms with Gasteiger partial charge in [0.25, 0.3) is 0 Å². The van der Waals surface area contributed by atoms with E-state index < -0.39 is 0 Å². The number of hydrogen-bond donors (Lipinski definition) is 0. The highest BCUT2D eigenvalue weighted by molar-refractivity contribution is 6.29. The van der Waals surface area contributed by atoms with Gasteiger partial charge in [-0.1, -0.05) is 32.4 Å². The second kappa shape index (κ2) is 3.91. The van der Waals surface area contributed by atoms with Crippen LogP contribution in [0.15, 0.2) is 28.9 Å². The van der Waals surface area contributed by atoms with Crippen molar-refractivity contribution in [2.75, 3.05) is 0 Å². The van der Waals surface area contributed by atoms with Crippen LogP contribution in [0.1, 0.15) is 26.5 Å². The Kier molecular flexibility index (Phi) is 2.72. The molecule has 0 aliphatic heterocycles. The highest BCUT2D eigenvalue weighted by Crippen LogP contribution is 2.25. The van der Waals surface area contributed by atoms with Crippen molar-refractivity contribution in [2.24, 2.45) is 0 Å². The molecule has 0 aromatic carbocycles. The van der Waals surface area contributed by atoms with Gasteiger partial charge in [-0.15, -0.1) is 0 Å². The third-order valence-corrected chi connectivity index (χ3v) is 2.40. The molecule has 0 spiro atoms. The van der Waals surface area contributed by atoms with Gasteiger partial charge in [0, 0.05) is 5.41 Å². The summed E-state index contributed by atoms with van der Waals surface area (Å²) in [7, 11) is 0. The van der Waals surface area contributed by atoms with Crippen molar-refractivity contribution in [3.05, 3.63) is 35.3 Å². The Labute approximate surface area is 99.5 Å². The lowest BCUT2D eigenvalue weighted by Crippen LogP contribution is -2.14. The number of furan rings is 1. The highest BCUT2D eigenvalue weighted by atomic mass is 35.5. The number of hydrogen-bond acceptors (Lipinski definition) is 3. The lowest BCUT2D eigenvalue weighted by Gasteiger charge is -2.17. The Hall–Kier alpha value is -1.35. The molecule has 2 rings (SSSR count). The fraction of sp³-hybridized carbons (Fsp3) is 0.333. The van der Waals surface area contributed by atoms with Gasteiger partial charge < -0.3 is 4.42 Å². The van der Waals surface area contributed by atoms with Crippen molar-refractivity contribution in [2.45, 2.75) is 26.2 Å². The first-order valence-electron chi connectivity index (χ1n) is 5.06. The van der Waals surface area contributed by atoms with E-state index in [4.69, 9.17) is 16.0 Å². The summed E-state index contributed by atoms with van der Waals surface area (Å²) in [6.45, 7) is 6.24. The van der Waals surface area contributed by atoms with Gasteiger partial charge in [-0.2, -0.15) is 0 Å². The van der Waals surface area contributed by atoms with Gasteiger partial charge >= 0.3 is 0 Å². The predicted octanol–water partition coefficient (Wildman–Crippen LogP) is 3.69. The number of rotatable bonds is 1. The number of aromatic nitrogens is 2. The Bertz CT molecular complexity index is 486. The molecular weight excluding hydrogens is 224 g/mol. The molecule has 0 N–H and O–H groups in total. The molecule has 84 valence electrons. The van der Waals surface area contributed by atoms with Crippen molar-refractivity contribution in [1.82, 2.24) is 9.97 Å². The van der Waals surface area contributed by atoms with Gasteiger partial charge in [0.1, 0.15) is 5.15 Å². The molecule has 2 heterocycles. The van der Waals surface area contributed by atoms with E-state index in [0.717, 1.165) is 5.69 Å². The summed E-state index contributed by atoms with van der Waals surface area (Å²) >= 11 is 5.98. The van der Waals surface area contributed by atoms with Crippen LogP contribution >= 0.6 is 11.6 Å². The molecule has 0 radical (unpaired) electrons. The number of halogens is 1. The maximum Gasteiger partial charge on any atom is 0.197 e. The van der Waals surface area contributed by atoms with Crippen molar-refractivity contribution < 1.29 is 4.42 Å². The van der Waals surface area contributed by atoms with E-state index in [9.17, 15) is 0 Å². The van der Waals surface area contributed by atoms with Crippen LogP contribution in [-0.2, 0) is 5.41 Å². The van der Waals surface area contributed by atoms with E-state index in [2.05, 4.69) is 30.7 Å². The van der Waals surface area contributed by atoms with Gasteiger partial charge in [-0.25, -0.2) is 9.97 Å². The molecule has 2 aromatic rings. The summed E-state index contributed by atoms with van der Waals surface area (Å²) in [5.74, 6) is 1.16. The molecule has 2 aromatic heterocycles. The van der Waals surface area contributed by atoms with Crippen LogP contribution in [0.3, 0.4) is 0 Å². The van der Waals surface area contributed by atoms with E-state index >= 15 is 0 Å². The van der Waals surface area contributed by atoms with Gasteiger partial charge in [0.2, 0.25) is 0 Å². The van der Waals surface area contributed by atoms with Crippen molar-refractivity contribution in [3.8, 4) is 11.6 Å². The van der Waals surface area contributed by atoms with E-state index in [1.54, 1.807) is 18.4 Å². The third-order valence-electron chi connectivity index (χ3n) is 2.20. The second-order valence-electron chi connectivity index (χ2n) is 4.63. The SMILES string of the molecule is CC(C)(C)c1cc(Cl)nc(-c2ccco2)n1. The quantitative estimate of drug-likeness (QED) is 0.709. The van der Waals surface area contributed by atoms with Crippen LogP contribution in [0.4, 0.5) is 0 Å². The topological polar surface area (TPSA) is 38.9 Å². The lowest BCUT2D eigenvalue weighted by atomic mass is 9.92. The fourth-order valence-corrected chi connectivity index (χ4v) is 1.50. The normalized spacial score (nSPS) is 11.8. The largest absolute Gasteiger partial charge is 0.461 e. The molecule has 0 amide bonds. The lowest BCUT2D eigenvalue weighted by molar-refractivity contribution is 0.557. The predicted molar refractivity (Wildman–Crippen MR) is 63.4 cm³/mol. The average molecular weight is 237 g/mol. The summed E-state index contributed by atoms with van der Waals surface area (Å²) in [4.78, 5) is 8.61. The Morgan fingerprint density at radius 1 is 1.25 bits per heavy atom. The van der Waals surface area contributed by atoms with Crippen molar-refractivity contribution >= 4 is 11.6 Å². The van der Waals surface area contributed by atoms with Crippen LogP contribution in [0, 0.1) is 0 Å². The monoisotopic (exact) mass is 236 g/mol. The third kappa shape index (κ3) is 2.25. The molecule has 0 aliphatic rings. The summed E-state index contributed by atoms with van der Waals surface area (Å²) in [5.41, 5.74) is 0.840. The van der Waals surface area contributed by atoms with E-state index in [1.165, 1.54) is 0 Å². The molecule has 0 atom stereocenters. The highest BCUT2D eigenvalue weighted by Gasteiger charge is 2.18. The van der Waals surface area contributed by atoms with Crippen LogP contribution < -0.4 is 0 Å². The minimum absolute atomic E-state index is 0.0616. The molecule has 0 unspecified atom stereocenters. The Balaban J connectivity index is 2.53. The molecule has 3 nitrogen and oxygen atoms in total. The molecule has 0 aliphatic carbocycles. The molecule has 0 saturated carbocycles. The van der Waals surface area contributed by atoms with Crippen molar-refractivity contribution in [3.63, 3.8) is 0 Å². The number of nitrogens with zero attached hydrogens (tertiary/aromatic N) is 2. The second-order valence-corrected chi connectivity index (χ2v) is 5.01. The average Bonchev–Trinajstić information content (AvgIpc) is 2.68. The van der Waals surface area contributed by atoms with Crippen molar-refractivity contribution in [1.29, 1.82) is 0 Å². The summed E-state index contributed by atoms with van der Waals surface area (Å²) < 4.78 is 5.26. The van der Waals surface area contributed by atoms with Crippen LogP contribution in [0.2, 0.25) is 5.15 Å². The molecule has 0 fully saturated rings. The smallest absolute Gasteiger partial charge is 0.197 e. The Morgan fingerprint density at radius 3 is 2.56 bits per heavy atom. The molecule has 0 saturated heterocycles. The first-order valence-corrected chi connectivity index (χ1v) is 5.43. The fourth-order valence-electron chi connectivity index (χ4n) is 1.32. The summed E-state index contributed by atoms with van der Waals surface area (Å²) in [5, 5.41) is 0.436. The van der Waals surface area contributed by atoms with Gasteiger partial charge in [0.05, 0.1) is 12.0 Å². The van der Waals surface area contributed by atoms with Crippen LogP contribution in [-0.4, -0.2) is 9.97 Å². The molecule has 4 heteroatoms. The van der Waals surface area contributed by atoms with Gasteiger partial charge in [-0.3, -0.25) is 0 Å². The maximum atomic E-state index is 5.98. The van der Waals surface area contributed by atoms with E-state index in [0.29, 0.717) is 16.7 Å². The van der Waals surface area contributed by atoms with Crippen LogP contribution in [0.5, 0.6) is 0 Å². The summed E-state index contributed by atoms with van der Waals surface area (Å²) in [6.07, 6.45) is 1.59. The first-order chi connectivity index (χ1) is 7.47. The minimum Gasteiger partial charge on any atom is -0.461 e. The van der Waals surface area contributed by atoms with E-state index in [-0.39, 0.29) is 5.41 Å². The standard InChI is InChI=1S/C12H13ClN2O/c1-12(2,3)9-7-10(13)15-11(14-9)8-5-4-6-16-8/h4-7H,1-3H3.